The summed E-state index contributed by atoms with van der Waals surface area (Å²) in [6.45, 7) is 4.82. The van der Waals surface area contributed by atoms with E-state index in [1.165, 1.54) is 0 Å². The number of hydrogen-bond donors (Lipinski definition) is 5. The van der Waals surface area contributed by atoms with Crippen LogP contribution >= 0.6 is 0 Å². The van der Waals surface area contributed by atoms with Gasteiger partial charge in [-0.05, 0) is 0 Å². The minimum atomic E-state index is -1.54. The molecule has 3 atom stereocenters. The van der Waals surface area contributed by atoms with Gasteiger partial charge in [-0.3, -0.25) is 0 Å². The van der Waals surface area contributed by atoms with Crippen molar-refractivity contribution in [2.24, 2.45) is 5.73 Å². The van der Waals surface area contributed by atoms with Crippen LogP contribution in [0.2, 0.25) is 0 Å². The van der Waals surface area contributed by atoms with Gasteiger partial charge in [0, 0.05) is 6.42 Å². The summed E-state index contributed by atoms with van der Waals surface area (Å²) >= 11 is 0. The van der Waals surface area contributed by atoms with Gasteiger partial charge < -0.3 is 30.9 Å². The molecule has 1 fully saturated rings. The molecule has 0 aromatic carbocycles. The largest absolute Gasteiger partial charge is 0.393 e. The van der Waals surface area contributed by atoms with Crippen LogP contribution < -0.4 is 5.73 Å². The first-order valence-electron chi connectivity index (χ1n) is 4.57. The van der Waals surface area contributed by atoms with E-state index in [0.717, 1.165) is 0 Å². The van der Waals surface area contributed by atoms with E-state index in [-0.39, 0.29) is 6.42 Å². The summed E-state index contributed by atoms with van der Waals surface area (Å²) in [5.41, 5.74) is 3.85. The van der Waals surface area contributed by atoms with Crippen LogP contribution in [0, 0.1) is 0 Å². The summed E-state index contributed by atoms with van der Waals surface area (Å²) in [6, 6.07) is 0. The number of rotatable bonds is 2. The van der Waals surface area contributed by atoms with Gasteiger partial charge in [0.1, 0.15) is 17.9 Å². The molecule has 1 aliphatic rings. The van der Waals surface area contributed by atoms with E-state index >= 15 is 0 Å². The first kappa shape index (κ1) is 14.5. The van der Waals surface area contributed by atoms with Gasteiger partial charge in [0.25, 0.3) is 0 Å². The Morgan fingerprint density at radius 1 is 1.27 bits per heavy atom. The van der Waals surface area contributed by atoms with Gasteiger partial charge in [-0.15, -0.1) is 13.2 Å². The molecule has 1 rings (SSSR count). The Morgan fingerprint density at radius 2 is 1.73 bits per heavy atom. The van der Waals surface area contributed by atoms with Gasteiger partial charge >= 0.3 is 0 Å². The van der Waals surface area contributed by atoms with Crippen molar-refractivity contribution in [3.05, 3.63) is 13.2 Å². The Balaban J connectivity index is 0.000000921. The average Bonchev–Trinajstić information content (AvgIpc) is 2.26. The van der Waals surface area contributed by atoms with E-state index in [2.05, 4.69) is 13.2 Å². The van der Waals surface area contributed by atoms with E-state index < -0.39 is 37.3 Å². The highest BCUT2D eigenvalue weighted by Gasteiger charge is 2.47. The molecule has 1 saturated heterocycles. The zero-order chi connectivity index (χ0) is 12.1. The topological polar surface area (TPSA) is 116 Å². The lowest BCUT2D eigenvalue weighted by Gasteiger charge is -2.43. The minimum absolute atomic E-state index is 0.0862. The van der Waals surface area contributed by atoms with Crippen molar-refractivity contribution in [3.63, 3.8) is 0 Å². The molecule has 6 nitrogen and oxygen atoms in total. The second-order valence-electron chi connectivity index (χ2n) is 3.29. The molecule has 6 N–H and O–H groups in total. The predicted molar refractivity (Wildman–Crippen MR) is 53.8 cm³/mol. The fraction of sp³-hybridized carbons (Fsp3) is 0.778. The highest BCUT2D eigenvalue weighted by Crippen LogP contribution is 2.27. The maximum Gasteiger partial charge on any atom is 0.144 e. The van der Waals surface area contributed by atoms with Crippen LogP contribution in [0.3, 0.4) is 0 Å². The van der Waals surface area contributed by atoms with E-state index in [1.54, 1.807) is 0 Å². The van der Waals surface area contributed by atoms with Crippen molar-refractivity contribution in [1.29, 1.82) is 0 Å². The third-order valence-corrected chi connectivity index (χ3v) is 2.30. The normalized spacial score (nSPS) is 34.1. The van der Waals surface area contributed by atoms with Crippen molar-refractivity contribution < 1.29 is 25.2 Å². The van der Waals surface area contributed by atoms with Gasteiger partial charge in [0.15, 0.2) is 0 Å². The van der Waals surface area contributed by atoms with Crippen molar-refractivity contribution in [3.8, 4) is 0 Å². The molecule has 0 aromatic heterocycles. The van der Waals surface area contributed by atoms with Crippen LogP contribution in [-0.4, -0.2) is 57.7 Å². The Morgan fingerprint density at radius 3 is 2.13 bits per heavy atom. The Kier molecular flexibility index (Phi) is 5.96. The standard InChI is InChI=1S/C7H15NO5.C2H4/c8-5-1-4(11)6(12)7(2-9,3-10)13-5;1-2/h4-6,9-12H,1-3,8H2;1-2H2. The number of hydrogen-bond acceptors (Lipinski definition) is 6. The van der Waals surface area contributed by atoms with Crippen LogP contribution in [0.15, 0.2) is 13.2 Å². The zero-order valence-corrected chi connectivity index (χ0v) is 8.54. The summed E-state index contributed by atoms with van der Waals surface area (Å²) in [5, 5.41) is 36.6. The van der Waals surface area contributed by atoms with Gasteiger partial charge in [-0.2, -0.15) is 0 Å². The van der Waals surface area contributed by atoms with Crippen LogP contribution in [-0.2, 0) is 4.74 Å². The molecule has 1 heterocycles. The molecule has 0 amide bonds. The quantitative estimate of drug-likeness (QED) is 0.342. The van der Waals surface area contributed by atoms with Crippen molar-refractivity contribution >= 4 is 0 Å². The zero-order valence-electron chi connectivity index (χ0n) is 8.54. The van der Waals surface area contributed by atoms with Gasteiger partial charge in [0.05, 0.1) is 19.3 Å². The Labute approximate surface area is 88.6 Å². The average molecular weight is 221 g/mol. The molecule has 1 aliphatic heterocycles. The molecular formula is C9H19NO5. The molecule has 90 valence electrons. The summed E-state index contributed by atoms with van der Waals surface area (Å²) in [5.74, 6) is 0. The lowest BCUT2D eigenvalue weighted by Crippen LogP contribution is -2.63. The van der Waals surface area contributed by atoms with Crippen LogP contribution in [0.4, 0.5) is 0 Å². The Bertz CT molecular complexity index is 185. The summed E-state index contributed by atoms with van der Waals surface area (Å²) in [4.78, 5) is 0. The van der Waals surface area contributed by atoms with E-state index in [1.807, 2.05) is 0 Å². The molecule has 0 radical (unpaired) electrons. The SMILES string of the molecule is C=C.NC1CC(O)C(O)C(CO)(CO)O1. The van der Waals surface area contributed by atoms with Crippen LogP contribution in [0.1, 0.15) is 6.42 Å². The Hall–Kier alpha value is -0.500. The van der Waals surface area contributed by atoms with Gasteiger partial charge in [-0.25, -0.2) is 0 Å². The molecule has 0 bridgehead atoms. The number of nitrogens with two attached hydrogens (primary N) is 1. The molecule has 0 saturated carbocycles. The van der Waals surface area contributed by atoms with Crippen LogP contribution in [0.5, 0.6) is 0 Å². The second-order valence-corrected chi connectivity index (χ2v) is 3.29. The monoisotopic (exact) mass is 221 g/mol. The molecule has 6 heteroatoms. The minimum Gasteiger partial charge on any atom is -0.393 e. The lowest BCUT2D eigenvalue weighted by atomic mass is 9.89. The molecule has 3 unspecified atom stereocenters. The van der Waals surface area contributed by atoms with Crippen molar-refractivity contribution in [2.45, 2.75) is 30.5 Å². The lowest BCUT2D eigenvalue weighted by molar-refractivity contribution is -0.251. The molecule has 15 heavy (non-hydrogen) atoms. The summed E-state index contributed by atoms with van der Waals surface area (Å²) in [7, 11) is 0. The molecular weight excluding hydrogens is 202 g/mol. The predicted octanol–water partition coefficient (Wildman–Crippen LogP) is -2.06. The highest BCUT2D eigenvalue weighted by molar-refractivity contribution is 4.96. The van der Waals surface area contributed by atoms with Crippen molar-refractivity contribution in [1.82, 2.24) is 0 Å². The number of ether oxygens (including phenoxy) is 1. The number of aliphatic hydroxyl groups is 4. The third-order valence-electron chi connectivity index (χ3n) is 2.30. The van der Waals surface area contributed by atoms with E-state index in [9.17, 15) is 10.2 Å². The smallest absolute Gasteiger partial charge is 0.144 e. The summed E-state index contributed by atoms with van der Waals surface area (Å²) in [6.07, 6.45) is -3.09. The van der Waals surface area contributed by atoms with E-state index in [4.69, 9.17) is 20.7 Å². The van der Waals surface area contributed by atoms with Crippen LogP contribution in [0.25, 0.3) is 0 Å². The fourth-order valence-corrected chi connectivity index (χ4v) is 1.45. The maximum atomic E-state index is 9.46. The molecule has 0 aliphatic carbocycles. The molecule has 0 spiro atoms. The first-order valence-corrected chi connectivity index (χ1v) is 4.57. The fourth-order valence-electron chi connectivity index (χ4n) is 1.45. The first-order chi connectivity index (χ1) is 7.05. The highest BCUT2D eigenvalue weighted by atomic mass is 16.6. The van der Waals surface area contributed by atoms with E-state index in [0.29, 0.717) is 0 Å². The molecule has 0 aromatic rings. The third kappa shape index (κ3) is 2.97. The summed E-state index contributed by atoms with van der Waals surface area (Å²) < 4.78 is 5.02. The van der Waals surface area contributed by atoms with Gasteiger partial charge in [-0.1, -0.05) is 0 Å². The maximum absolute atomic E-state index is 9.46. The second kappa shape index (κ2) is 6.16. The van der Waals surface area contributed by atoms with Crippen molar-refractivity contribution in [2.75, 3.05) is 13.2 Å². The van der Waals surface area contributed by atoms with Gasteiger partial charge in [0.2, 0.25) is 0 Å². The number of aliphatic hydroxyl groups excluding tert-OH is 4.